The first-order valence-corrected chi connectivity index (χ1v) is 11.1. The Balaban J connectivity index is 0.00000136. The van der Waals surface area contributed by atoms with Gasteiger partial charge in [-0.05, 0) is 31.2 Å². The van der Waals surface area contributed by atoms with Gasteiger partial charge in [0, 0.05) is 17.8 Å². The maximum Gasteiger partial charge on any atom is 0.208 e. The van der Waals surface area contributed by atoms with E-state index in [1.165, 1.54) is 12.5 Å². The summed E-state index contributed by atoms with van der Waals surface area (Å²) in [5, 5.41) is 17.9. The second-order valence-corrected chi connectivity index (χ2v) is 8.17. The normalized spacial score (nSPS) is 18.5. The van der Waals surface area contributed by atoms with Crippen molar-refractivity contribution in [1.82, 2.24) is 9.97 Å². The minimum Gasteiger partial charge on any atom is -0.392 e. The van der Waals surface area contributed by atoms with Crippen LogP contribution in [0.15, 0.2) is 18.6 Å². The molecule has 0 saturated heterocycles. The molecular weight excluding hydrogens is 420 g/mol. The number of aromatic nitrogens is 2. The number of nitrogens with one attached hydrogen (secondary N) is 1. The highest BCUT2D eigenvalue weighted by Gasteiger charge is 2.27. The molecule has 2 aromatic heterocycles. The van der Waals surface area contributed by atoms with E-state index in [-0.39, 0.29) is 18.4 Å². The van der Waals surface area contributed by atoms with Gasteiger partial charge in [-0.15, -0.1) is 11.3 Å². The molecule has 2 aromatic rings. The van der Waals surface area contributed by atoms with Crippen molar-refractivity contribution in [3.8, 4) is 0 Å². The third-order valence-electron chi connectivity index (χ3n) is 4.36. The number of aliphatic hydroxyl groups is 1. The number of carbonyl (C=O) groups is 1. The zero-order chi connectivity index (χ0) is 20.5. The van der Waals surface area contributed by atoms with Gasteiger partial charge in [0.2, 0.25) is 5.78 Å². The summed E-state index contributed by atoms with van der Waals surface area (Å²) in [6.07, 6.45) is 5.86. The fraction of sp³-hybridized carbons (Fsp3) is 0.500. The molecule has 2 unspecified atom stereocenters. The molecular formula is C18H25ClN4O3S2. The molecule has 154 valence electrons. The van der Waals surface area contributed by atoms with Crippen LogP contribution in [-0.4, -0.2) is 33.5 Å². The van der Waals surface area contributed by atoms with Gasteiger partial charge in [-0.2, -0.15) is 0 Å². The van der Waals surface area contributed by atoms with Crippen LogP contribution >= 0.6 is 35.2 Å². The van der Waals surface area contributed by atoms with Crippen molar-refractivity contribution in [2.24, 2.45) is 11.1 Å². The highest BCUT2D eigenvalue weighted by Crippen LogP contribution is 2.32. The van der Waals surface area contributed by atoms with Crippen LogP contribution in [0.25, 0.3) is 0 Å². The first-order chi connectivity index (χ1) is 13.6. The number of nitrogens with zero attached hydrogens (tertiary/aromatic N) is 2. The van der Waals surface area contributed by atoms with E-state index in [4.69, 9.17) is 20.9 Å². The minimum atomic E-state index is -0.211. The van der Waals surface area contributed by atoms with Crippen LogP contribution < -0.4 is 10.5 Å². The lowest BCUT2D eigenvalue weighted by Crippen LogP contribution is -2.20. The monoisotopic (exact) mass is 444 g/mol. The summed E-state index contributed by atoms with van der Waals surface area (Å²) >= 11 is 8.08. The van der Waals surface area contributed by atoms with Gasteiger partial charge in [0.1, 0.15) is 12.1 Å². The second-order valence-electron chi connectivity index (χ2n) is 6.08. The third-order valence-corrected chi connectivity index (χ3v) is 6.07. The number of hydrogen-bond acceptors (Lipinski definition) is 9. The maximum atomic E-state index is 12.8. The Morgan fingerprint density at radius 3 is 2.96 bits per heavy atom. The molecule has 2 atom stereocenters. The zero-order valence-electron chi connectivity index (χ0n) is 15.9. The van der Waals surface area contributed by atoms with Crippen LogP contribution in [0.4, 0.5) is 5.82 Å². The highest BCUT2D eigenvalue weighted by atomic mass is 35.5. The number of rotatable bonds is 8. The largest absolute Gasteiger partial charge is 0.392 e. The molecule has 0 aliphatic heterocycles. The SMILES string of the molecule is CC.NSOCC1CCC(Nc2ncncc2C(=O)c2cc(CO)c(Cl)s2)C1. The molecule has 0 bridgehead atoms. The van der Waals surface area contributed by atoms with Crippen LogP contribution in [0, 0.1) is 5.92 Å². The molecule has 1 fully saturated rings. The Labute approximate surface area is 178 Å². The first-order valence-electron chi connectivity index (χ1n) is 9.11. The standard InChI is InChI=1S/C16H19ClN4O3S2.C2H6/c17-15-10(6-22)4-13(25-15)14(23)12-5-19-8-20-16(12)21-11-2-1-9(3-11)7-24-26-18;1-2/h4-5,8-9,11,22H,1-3,6-7,18H2,(H,19,20,21);1-2H3. The number of carbonyl (C=O) groups excluding carboxylic acids is 1. The molecule has 28 heavy (non-hydrogen) atoms. The lowest BCUT2D eigenvalue weighted by molar-refractivity contribution is 0.104. The van der Waals surface area contributed by atoms with Gasteiger partial charge in [0.15, 0.2) is 0 Å². The summed E-state index contributed by atoms with van der Waals surface area (Å²) in [6.45, 7) is 4.41. The molecule has 1 aliphatic carbocycles. The fourth-order valence-corrected chi connectivity index (χ4v) is 4.54. The van der Waals surface area contributed by atoms with Crippen molar-refractivity contribution in [3.63, 3.8) is 0 Å². The lowest BCUT2D eigenvalue weighted by atomic mass is 10.1. The molecule has 7 nitrogen and oxygen atoms in total. The third kappa shape index (κ3) is 5.88. The Morgan fingerprint density at radius 1 is 1.50 bits per heavy atom. The summed E-state index contributed by atoms with van der Waals surface area (Å²) in [7, 11) is 0. The molecule has 0 aromatic carbocycles. The molecule has 3 rings (SSSR count). The number of ketones is 1. The van der Waals surface area contributed by atoms with E-state index in [1.807, 2.05) is 13.8 Å². The maximum absolute atomic E-state index is 12.8. The van der Waals surface area contributed by atoms with Crippen LogP contribution in [0.2, 0.25) is 4.34 Å². The van der Waals surface area contributed by atoms with Crippen molar-refractivity contribution >= 4 is 46.8 Å². The average molecular weight is 445 g/mol. The van der Waals surface area contributed by atoms with Crippen molar-refractivity contribution in [3.05, 3.63) is 38.9 Å². The number of anilines is 1. The van der Waals surface area contributed by atoms with Gasteiger partial charge >= 0.3 is 0 Å². The van der Waals surface area contributed by atoms with E-state index in [0.717, 1.165) is 42.8 Å². The molecule has 10 heteroatoms. The minimum absolute atomic E-state index is 0.203. The smallest absolute Gasteiger partial charge is 0.208 e. The van der Waals surface area contributed by atoms with Gasteiger partial charge in [0.05, 0.1) is 40.2 Å². The molecule has 1 saturated carbocycles. The number of halogens is 1. The van der Waals surface area contributed by atoms with E-state index in [9.17, 15) is 9.90 Å². The summed E-state index contributed by atoms with van der Waals surface area (Å²) in [5.41, 5.74) is 0.940. The topological polar surface area (TPSA) is 110 Å². The van der Waals surface area contributed by atoms with Gasteiger partial charge < -0.3 is 14.6 Å². The van der Waals surface area contributed by atoms with Crippen LogP contribution in [-0.2, 0) is 10.8 Å². The Bertz CT molecular complexity index is 775. The second kappa shape index (κ2) is 11.7. The van der Waals surface area contributed by atoms with Gasteiger partial charge in [0.25, 0.3) is 0 Å². The Morgan fingerprint density at radius 2 is 2.29 bits per heavy atom. The molecule has 0 amide bonds. The van der Waals surface area contributed by atoms with E-state index in [2.05, 4.69) is 15.3 Å². The first kappa shape index (κ1) is 23.1. The fourth-order valence-electron chi connectivity index (χ4n) is 3.06. The molecule has 2 heterocycles. The van der Waals surface area contributed by atoms with Crippen molar-refractivity contribution < 1.29 is 14.1 Å². The molecule has 1 aliphatic rings. The van der Waals surface area contributed by atoms with Crippen LogP contribution in [0.1, 0.15) is 53.9 Å². The van der Waals surface area contributed by atoms with Gasteiger partial charge in [-0.1, -0.05) is 25.4 Å². The number of nitrogens with two attached hydrogens (primary N) is 1. The molecule has 4 N–H and O–H groups in total. The number of aliphatic hydroxyl groups excluding tert-OH is 1. The van der Waals surface area contributed by atoms with E-state index >= 15 is 0 Å². The van der Waals surface area contributed by atoms with Gasteiger partial charge in [-0.25, -0.2) is 9.97 Å². The number of thiophene rings is 1. The zero-order valence-corrected chi connectivity index (χ0v) is 18.2. The van der Waals surface area contributed by atoms with Crippen LogP contribution in [0.5, 0.6) is 0 Å². The summed E-state index contributed by atoms with van der Waals surface area (Å²) in [5.74, 6) is 0.740. The number of hydrogen-bond donors (Lipinski definition) is 3. The van der Waals surface area contributed by atoms with E-state index in [1.54, 1.807) is 6.07 Å². The predicted molar refractivity (Wildman–Crippen MR) is 115 cm³/mol. The Kier molecular flexibility index (Phi) is 9.63. The predicted octanol–water partition coefficient (Wildman–Crippen LogP) is 4.06. The van der Waals surface area contributed by atoms with Crippen LogP contribution in [0.3, 0.4) is 0 Å². The average Bonchev–Trinajstić information content (AvgIpc) is 3.33. The Hall–Kier alpha value is -1.23. The lowest BCUT2D eigenvalue weighted by Gasteiger charge is -2.15. The molecule has 0 spiro atoms. The molecule has 0 radical (unpaired) electrons. The summed E-state index contributed by atoms with van der Waals surface area (Å²) in [6, 6.07) is 1.83. The highest BCUT2D eigenvalue weighted by molar-refractivity contribution is 7.92. The summed E-state index contributed by atoms with van der Waals surface area (Å²) < 4.78 is 5.63. The van der Waals surface area contributed by atoms with E-state index in [0.29, 0.717) is 38.7 Å². The van der Waals surface area contributed by atoms with E-state index < -0.39 is 0 Å². The van der Waals surface area contributed by atoms with Crippen molar-refractivity contribution in [2.45, 2.75) is 45.8 Å². The van der Waals surface area contributed by atoms with Crippen molar-refractivity contribution in [2.75, 3.05) is 11.9 Å². The quantitative estimate of drug-likeness (QED) is 0.317. The van der Waals surface area contributed by atoms with Gasteiger partial charge in [-0.3, -0.25) is 9.93 Å². The summed E-state index contributed by atoms with van der Waals surface area (Å²) in [4.78, 5) is 21.5. The van der Waals surface area contributed by atoms with Crippen molar-refractivity contribution in [1.29, 1.82) is 0 Å².